The summed E-state index contributed by atoms with van der Waals surface area (Å²) in [6.45, 7) is 1.90. The molecule has 4 nitrogen and oxygen atoms in total. The molecule has 0 spiro atoms. The molecule has 1 aliphatic heterocycles. The lowest BCUT2D eigenvalue weighted by molar-refractivity contribution is -0.946. The van der Waals surface area contributed by atoms with Crippen LogP contribution in [0.3, 0.4) is 0 Å². The lowest BCUT2D eigenvalue weighted by atomic mass is 9.98. The predicted molar refractivity (Wildman–Crippen MR) is 99.8 cm³/mol. The third-order valence-electron chi connectivity index (χ3n) is 5.29. The largest absolute Gasteiger partial charge is 0.463 e. The van der Waals surface area contributed by atoms with Crippen molar-refractivity contribution in [1.29, 1.82) is 0 Å². The van der Waals surface area contributed by atoms with E-state index in [9.17, 15) is 13.6 Å². The molecular weight excluding hydrogens is 362 g/mol. The van der Waals surface area contributed by atoms with E-state index < -0.39 is 23.1 Å². The van der Waals surface area contributed by atoms with Crippen LogP contribution in [-0.4, -0.2) is 19.0 Å². The molecule has 1 unspecified atom stereocenters. The Balaban J connectivity index is 1.53. The number of hydrogen-bond acceptors (Lipinski definition) is 2. The molecule has 0 saturated heterocycles. The Kier molecular flexibility index (Phi) is 5.21. The number of benzene rings is 2. The summed E-state index contributed by atoms with van der Waals surface area (Å²) in [5, 5.41) is 2.69. The third kappa shape index (κ3) is 3.68. The molecule has 144 valence electrons. The van der Waals surface area contributed by atoms with Gasteiger partial charge in [-0.15, -0.1) is 0 Å². The van der Waals surface area contributed by atoms with E-state index in [4.69, 9.17) is 4.42 Å². The standard InChI is InChI=1S/C22H20F2N2O2/c23-17-7-3-8-18(24)21(17)22(27)25-13-19(20-9-4-12-28-20)26-11-10-15-5-1-2-6-16(15)14-26/h1-9,12,19H,10-11,13-14H2,(H,25,27)/p+1/t19-/m0/s1. The molecule has 0 fully saturated rings. The van der Waals surface area contributed by atoms with Gasteiger partial charge in [0.25, 0.3) is 5.91 Å². The van der Waals surface area contributed by atoms with Gasteiger partial charge in [-0.1, -0.05) is 30.3 Å². The van der Waals surface area contributed by atoms with Crippen molar-refractivity contribution >= 4 is 5.91 Å². The third-order valence-corrected chi connectivity index (χ3v) is 5.29. The van der Waals surface area contributed by atoms with Crippen LogP contribution < -0.4 is 10.2 Å². The highest BCUT2D eigenvalue weighted by atomic mass is 19.1. The zero-order chi connectivity index (χ0) is 19.5. The van der Waals surface area contributed by atoms with Crippen molar-refractivity contribution in [1.82, 2.24) is 5.32 Å². The fourth-order valence-corrected chi connectivity index (χ4v) is 3.83. The number of furan rings is 1. The number of carbonyl (C=O) groups excluding carboxylic acids is 1. The van der Waals surface area contributed by atoms with Crippen LogP contribution in [0, 0.1) is 11.6 Å². The van der Waals surface area contributed by atoms with Gasteiger partial charge in [-0.25, -0.2) is 8.78 Å². The summed E-state index contributed by atoms with van der Waals surface area (Å²) in [7, 11) is 0. The minimum absolute atomic E-state index is 0.151. The van der Waals surface area contributed by atoms with Gasteiger partial charge in [0.2, 0.25) is 0 Å². The minimum Gasteiger partial charge on any atom is -0.463 e. The van der Waals surface area contributed by atoms with Gasteiger partial charge in [-0.2, -0.15) is 0 Å². The quantitative estimate of drug-likeness (QED) is 0.712. The van der Waals surface area contributed by atoms with Gasteiger partial charge >= 0.3 is 0 Å². The van der Waals surface area contributed by atoms with Crippen molar-refractivity contribution in [3.63, 3.8) is 0 Å². The average molecular weight is 383 g/mol. The first-order chi connectivity index (χ1) is 13.6. The Morgan fingerprint density at radius 2 is 1.79 bits per heavy atom. The number of quaternary nitrogens is 1. The summed E-state index contributed by atoms with van der Waals surface area (Å²) < 4.78 is 33.4. The fraction of sp³-hybridized carbons (Fsp3) is 0.227. The van der Waals surface area contributed by atoms with Crippen molar-refractivity contribution in [2.75, 3.05) is 13.1 Å². The topological polar surface area (TPSA) is 46.7 Å². The lowest BCUT2D eigenvalue weighted by Crippen LogP contribution is -3.12. The second kappa shape index (κ2) is 7.94. The maximum absolute atomic E-state index is 13.9. The monoisotopic (exact) mass is 383 g/mol. The molecule has 0 radical (unpaired) electrons. The van der Waals surface area contributed by atoms with Gasteiger partial charge in [-0.05, 0) is 29.8 Å². The predicted octanol–water partition coefficient (Wildman–Crippen LogP) is 2.67. The Bertz CT molecular complexity index is 952. The van der Waals surface area contributed by atoms with Crippen LogP contribution in [0.2, 0.25) is 0 Å². The number of rotatable bonds is 5. The highest BCUT2D eigenvalue weighted by Crippen LogP contribution is 2.16. The summed E-state index contributed by atoms with van der Waals surface area (Å²) in [5.74, 6) is -1.76. The highest BCUT2D eigenvalue weighted by Gasteiger charge is 2.31. The van der Waals surface area contributed by atoms with Crippen LogP contribution in [0.1, 0.15) is 33.3 Å². The molecule has 28 heavy (non-hydrogen) atoms. The molecule has 3 aromatic rings. The van der Waals surface area contributed by atoms with Crippen LogP contribution in [0.4, 0.5) is 8.78 Å². The smallest absolute Gasteiger partial charge is 0.257 e. The van der Waals surface area contributed by atoms with Crippen LogP contribution in [-0.2, 0) is 13.0 Å². The van der Waals surface area contributed by atoms with Gasteiger partial charge in [0, 0.05) is 12.0 Å². The van der Waals surface area contributed by atoms with Crippen molar-refractivity contribution in [3.8, 4) is 0 Å². The Hall–Kier alpha value is -2.99. The second-order valence-electron chi connectivity index (χ2n) is 6.98. The number of fused-ring (bicyclic) bond motifs is 1. The van der Waals surface area contributed by atoms with Crippen molar-refractivity contribution < 1.29 is 22.9 Å². The van der Waals surface area contributed by atoms with Crippen LogP contribution in [0.25, 0.3) is 0 Å². The molecule has 1 aliphatic rings. The van der Waals surface area contributed by atoms with Gasteiger partial charge in [0.05, 0.1) is 19.4 Å². The number of amides is 1. The summed E-state index contributed by atoms with van der Waals surface area (Å²) in [6.07, 6.45) is 2.52. The Morgan fingerprint density at radius 1 is 1.04 bits per heavy atom. The molecular formula is C22H21F2N2O2+. The first-order valence-corrected chi connectivity index (χ1v) is 9.30. The van der Waals surface area contributed by atoms with Crippen molar-refractivity contribution in [3.05, 3.63) is 94.9 Å². The lowest BCUT2D eigenvalue weighted by Gasteiger charge is -2.31. The highest BCUT2D eigenvalue weighted by molar-refractivity contribution is 5.94. The molecule has 2 aromatic carbocycles. The first-order valence-electron chi connectivity index (χ1n) is 9.30. The number of carbonyl (C=O) groups is 1. The summed E-state index contributed by atoms with van der Waals surface area (Å²) >= 11 is 0. The maximum Gasteiger partial charge on any atom is 0.257 e. The van der Waals surface area contributed by atoms with Gasteiger partial charge < -0.3 is 14.6 Å². The average Bonchev–Trinajstić information content (AvgIpc) is 3.22. The molecule has 2 heterocycles. The van der Waals surface area contributed by atoms with Gasteiger partial charge in [0.15, 0.2) is 11.8 Å². The molecule has 2 atom stereocenters. The van der Waals surface area contributed by atoms with E-state index in [1.54, 1.807) is 12.3 Å². The zero-order valence-electron chi connectivity index (χ0n) is 15.3. The van der Waals surface area contributed by atoms with E-state index >= 15 is 0 Å². The van der Waals surface area contributed by atoms with Crippen LogP contribution in [0.15, 0.2) is 65.3 Å². The molecule has 1 aromatic heterocycles. The molecule has 1 amide bonds. The van der Waals surface area contributed by atoms with Gasteiger partial charge in [-0.3, -0.25) is 4.79 Å². The molecule has 4 rings (SSSR count). The molecule has 6 heteroatoms. The summed E-state index contributed by atoms with van der Waals surface area (Å²) in [6, 6.07) is 15.2. The van der Waals surface area contributed by atoms with E-state index in [0.717, 1.165) is 37.4 Å². The van der Waals surface area contributed by atoms with E-state index in [0.29, 0.717) is 0 Å². The first kappa shape index (κ1) is 18.4. The number of halogens is 2. The fourth-order valence-electron chi connectivity index (χ4n) is 3.83. The number of nitrogens with one attached hydrogen (secondary N) is 2. The number of hydrogen-bond donors (Lipinski definition) is 2. The van der Waals surface area contributed by atoms with E-state index in [-0.39, 0.29) is 12.6 Å². The van der Waals surface area contributed by atoms with Crippen molar-refractivity contribution in [2.24, 2.45) is 0 Å². The Morgan fingerprint density at radius 3 is 2.50 bits per heavy atom. The summed E-state index contributed by atoms with van der Waals surface area (Å²) in [4.78, 5) is 13.6. The minimum atomic E-state index is -0.869. The molecule has 2 N–H and O–H groups in total. The maximum atomic E-state index is 13.9. The van der Waals surface area contributed by atoms with E-state index in [2.05, 4.69) is 17.4 Å². The van der Waals surface area contributed by atoms with Crippen molar-refractivity contribution in [2.45, 2.75) is 19.0 Å². The van der Waals surface area contributed by atoms with Crippen LogP contribution >= 0.6 is 0 Å². The van der Waals surface area contributed by atoms with E-state index in [1.165, 1.54) is 22.1 Å². The van der Waals surface area contributed by atoms with Gasteiger partial charge in [0.1, 0.15) is 23.7 Å². The summed E-state index contributed by atoms with van der Waals surface area (Å²) in [5.41, 5.74) is 2.05. The molecule has 0 aliphatic carbocycles. The van der Waals surface area contributed by atoms with Crippen LogP contribution in [0.5, 0.6) is 0 Å². The molecule has 0 saturated carbocycles. The zero-order valence-corrected chi connectivity index (χ0v) is 15.3. The van der Waals surface area contributed by atoms with E-state index in [1.807, 2.05) is 18.2 Å². The second-order valence-corrected chi connectivity index (χ2v) is 6.98. The SMILES string of the molecule is O=C(NC[C@@H](c1ccco1)[NH+]1CCc2ccccc2C1)c1c(F)cccc1F. The molecule has 0 bridgehead atoms. The Labute approximate surface area is 161 Å². The normalized spacial score (nSPS) is 17.0.